The van der Waals surface area contributed by atoms with E-state index in [0.29, 0.717) is 0 Å². The molecule has 4 bridgehead atoms. The molecule has 1 aliphatic carbocycles. The van der Waals surface area contributed by atoms with Gasteiger partial charge in [0.25, 0.3) is 6.48 Å². The summed E-state index contributed by atoms with van der Waals surface area (Å²) < 4.78 is 21.9. The lowest BCUT2D eigenvalue weighted by Gasteiger charge is -2.56. The Kier molecular flexibility index (Phi) is 3.74. The van der Waals surface area contributed by atoms with Gasteiger partial charge in [0.05, 0.1) is 0 Å². The van der Waals surface area contributed by atoms with Crippen LogP contribution in [0.5, 0.6) is 0 Å². The molecule has 21 heavy (non-hydrogen) atoms. The van der Waals surface area contributed by atoms with Crippen LogP contribution in [0.4, 0.5) is 0 Å². The van der Waals surface area contributed by atoms with Crippen molar-refractivity contribution in [3.05, 3.63) is 0 Å². The molecule has 8 heteroatoms. The SMILES string of the molecule is CC(C)(C)[Si](C)(C)OOC1[C@H]2OC3OC([C@H]2O)[C@H](O)[C@H]1O3. The van der Waals surface area contributed by atoms with Gasteiger partial charge < -0.3 is 24.4 Å². The van der Waals surface area contributed by atoms with Crippen molar-refractivity contribution in [2.24, 2.45) is 0 Å². The summed E-state index contributed by atoms with van der Waals surface area (Å²) in [6.07, 6.45) is -4.49. The predicted molar refractivity (Wildman–Crippen MR) is 73.6 cm³/mol. The summed E-state index contributed by atoms with van der Waals surface area (Å²) >= 11 is 0. The van der Waals surface area contributed by atoms with Gasteiger partial charge in [-0.2, -0.15) is 0 Å². The first-order valence-corrected chi connectivity index (χ1v) is 10.2. The van der Waals surface area contributed by atoms with Crippen molar-refractivity contribution in [3.8, 4) is 0 Å². The van der Waals surface area contributed by atoms with Crippen LogP contribution in [0.1, 0.15) is 20.8 Å². The zero-order valence-corrected chi connectivity index (χ0v) is 14.0. The standard InChI is InChI=1S/C13H24O7Si/c1-13(2,3)21(4,5)20-19-11-9-6(14)8-7(15)10(11)18-12(16-8)17-9/h6-12,14-15H,1-5H3/t6-,7+,8?,9+,10-,11?,12?. The molecule has 122 valence electrons. The summed E-state index contributed by atoms with van der Waals surface area (Å²) in [6.45, 7) is 9.57. The molecule has 7 atom stereocenters. The first-order chi connectivity index (χ1) is 9.62. The summed E-state index contributed by atoms with van der Waals surface area (Å²) in [7, 11) is -2.11. The van der Waals surface area contributed by atoms with Gasteiger partial charge in [-0.05, 0) is 18.1 Å². The summed E-state index contributed by atoms with van der Waals surface area (Å²) in [5.41, 5.74) is 0. The minimum Gasteiger partial charge on any atom is -0.387 e. The lowest BCUT2D eigenvalue weighted by Crippen LogP contribution is -2.75. The summed E-state index contributed by atoms with van der Waals surface area (Å²) in [4.78, 5) is 5.59. The molecule has 7 nitrogen and oxygen atoms in total. The fourth-order valence-electron chi connectivity index (χ4n) is 2.52. The van der Waals surface area contributed by atoms with Crippen molar-refractivity contribution in [1.29, 1.82) is 0 Å². The number of hydrogen-bond donors (Lipinski definition) is 2. The third-order valence-electron chi connectivity index (χ3n) is 4.97. The van der Waals surface area contributed by atoms with Crippen LogP contribution in [0.25, 0.3) is 0 Å². The van der Waals surface area contributed by atoms with Crippen LogP contribution in [0.15, 0.2) is 0 Å². The van der Waals surface area contributed by atoms with E-state index in [-0.39, 0.29) is 5.04 Å². The highest BCUT2D eigenvalue weighted by Crippen LogP contribution is 2.42. The van der Waals surface area contributed by atoms with Gasteiger partial charge in [-0.15, -0.1) is 0 Å². The Bertz CT molecular complexity index is 390. The van der Waals surface area contributed by atoms with Crippen molar-refractivity contribution >= 4 is 8.32 Å². The molecule has 3 aliphatic heterocycles. The van der Waals surface area contributed by atoms with E-state index in [1.807, 2.05) is 0 Å². The van der Waals surface area contributed by atoms with Gasteiger partial charge in [0.2, 0.25) is 8.32 Å². The van der Waals surface area contributed by atoms with E-state index in [9.17, 15) is 10.2 Å². The highest BCUT2D eigenvalue weighted by molar-refractivity contribution is 6.73. The van der Waals surface area contributed by atoms with Crippen molar-refractivity contribution < 1.29 is 33.9 Å². The Labute approximate surface area is 125 Å². The maximum atomic E-state index is 10.2. The van der Waals surface area contributed by atoms with Crippen LogP contribution in [-0.2, 0) is 23.7 Å². The maximum absolute atomic E-state index is 10.2. The van der Waals surface area contributed by atoms with E-state index >= 15 is 0 Å². The van der Waals surface area contributed by atoms with Gasteiger partial charge >= 0.3 is 0 Å². The van der Waals surface area contributed by atoms with Gasteiger partial charge in [0, 0.05) is 0 Å². The third kappa shape index (κ3) is 2.47. The van der Waals surface area contributed by atoms with Crippen molar-refractivity contribution in [3.63, 3.8) is 0 Å². The quantitative estimate of drug-likeness (QED) is 0.445. The van der Waals surface area contributed by atoms with Crippen LogP contribution in [0.3, 0.4) is 0 Å². The monoisotopic (exact) mass is 320 g/mol. The fraction of sp³-hybridized carbons (Fsp3) is 1.00. The second kappa shape index (κ2) is 4.97. The zero-order valence-electron chi connectivity index (χ0n) is 13.0. The zero-order chi connectivity index (χ0) is 15.6. The van der Waals surface area contributed by atoms with E-state index in [2.05, 4.69) is 33.9 Å². The first-order valence-electron chi connectivity index (χ1n) is 7.29. The molecule has 0 aromatic rings. The number of hydrogen-bond acceptors (Lipinski definition) is 7. The average Bonchev–Trinajstić information content (AvgIpc) is 2.37. The van der Waals surface area contributed by atoms with Crippen LogP contribution in [0.2, 0.25) is 18.1 Å². The van der Waals surface area contributed by atoms with E-state index in [1.165, 1.54) is 0 Å². The smallest absolute Gasteiger partial charge is 0.272 e. The fourth-order valence-corrected chi connectivity index (χ4v) is 3.12. The molecular weight excluding hydrogens is 296 g/mol. The number of ether oxygens (including phenoxy) is 3. The third-order valence-corrected chi connectivity index (χ3v) is 9.10. The lowest BCUT2D eigenvalue weighted by atomic mass is 9.83. The summed E-state index contributed by atoms with van der Waals surface area (Å²) in [5, 5.41) is 20.3. The number of aliphatic hydroxyl groups excluding tert-OH is 2. The molecule has 0 radical (unpaired) electrons. The maximum Gasteiger partial charge on any atom is 0.272 e. The Balaban J connectivity index is 1.71. The molecule has 3 saturated heterocycles. The van der Waals surface area contributed by atoms with E-state index in [0.717, 1.165) is 0 Å². The Morgan fingerprint density at radius 1 is 0.905 bits per heavy atom. The molecule has 4 aliphatic rings. The highest BCUT2D eigenvalue weighted by atomic mass is 28.4. The highest BCUT2D eigenvalue weighted by Gasteiger charge is 2.62. The van der Waals surface area contributed by atoms with Gasteiger partial charge in [-0.3, -0.25) is 4.58 Å². The minimum absolute atomic E-state index is 0.0129. The Morgan fingerprint density at radius 3 is 1.86 bits per heavy atom. The Hall–Kier alpha value is -0.0631. The van der Waals surface area contributed by atoms with E-state index in [1.54, 1.807) is 0 Å². The normalized spacial score (nSPS) is 46.1. The Morgan fingerprint density at radius 2 is 1.38 bits per heavy atom. The van der Waals surface area contributed by atoms with Crippen LogP contribution >= 0.6 is 0 Å². The lowest BCUT2D eigenvalue weighted by molar-refractivity contribution is -0.501. The summed E-state index contributed by atoms with van der Waals surface area (Å²) in [5.74, 6) is 0. The molecule has 3 unspecified atom stereocenters. The van der Waals surface area contributed by atoms with Crippen molar-refractivity contribution in [2.45, 2.75) is 82.0 Å². The molecule has 3 heterocycles. The van der Waals surface area contributed by atoms with Crippen molar-refractivity contribution in [1.82, 2.24) is 0 Å². The first kappa shape index (κ1) is 15.8. The minimum atomic E-state index is -2.11. The van der Waals surface area contributed by atoms with E-state index in [4.69, 9.17) is 23.7 Å². The van der Waals surface area contributed by atoms with Crippen LogP contribution in [-0.4, -0.2) is 61.6 Å². The molecule has 0 spiro atoms. The summed E-state index contributed by atoms with van der Waals surface area (Å²) in [6, 6.07) is 0. The second-order valence-electron chi connectivity index (χ2n) is 7.48. The number of aliphatic hydroxyl groups is 2. The van der Waals surface area contributed by atoms with Gasteiger partial charge in [0.15, 0.2) is 0 Å². The van der Waals surface area contributed by atoms with Crippen LogP contribution in [0, 0.1) is 0 Å². The molecule has 0 aromatic heterocycles. The molecule has 4 fully saturated rings. The molecule has 2 N–H and O–H groups in total. The van der Waals surface area contributed by atoms with Gasteiger partial charge in [-0.25, -0.2) is 4.89 Å². The molecule has 0 aromatic carbocycles. The van der Waals surface area contributed by atoms with Crippen LogP contribution < -0.4 is 0 Å². The van der Waals surface area contributed by atoms with Crippen molar-refractivity contribution in [2.75, 3.05) is 0 Å². The molecule has 0 amide bonds. The second-order valence-corrected chi connectivity index (χ2v) is 12.2. The van der Waals surface area contributed by atoms with Gasteiger partial charge in [0.1, 0.15) is 36.6 Å². The van der Waals surface area contributed by atoms with Gasteiger partial charge in [-0.1, -0.05) is 20.8 Å². The number of rotatable bonds is 3. The topological polar surface area (TPSA) is 86.6 Å². The molecular formula is C13H24O7Si. The van der Waals surface area contributed by atoms with E-state index < -0.39 is 51.4 Å². The average molecular weight is 320 g/mol. The molecule has 1 saturated carbocycles. The largest absolute Gasteiger partial charge is 0.387 e. The predicted octanol–water partition coefficient (Wildman–Crippen LogP) is 0.510. The molecule has 4 rings (SSSR count).